The van der Waals surface area contributed by atoms with Gasteiger partial charge in [-0.15, -0.1) is 0 Å². The molecule has 0 radical (unpaired) electrons. The summed E-state index contributed by atoms with van der Waals surface area (Å²) in [5.74, 6) is -2.52. The number of hydrogen-bond acceptors (Lipinski definition) is 13. The van der Waals surface area contributed by atoms with E-state index in [0.29, 0.717) is 39.6 Å². The van der Waals surface area contributed by atoms with Crippen LogP contribution in [0.5, 0.6) is 0 Å². The second kappa shape index (κ2) is 20.5. The Hall–Kier alpha value is -3.93. The fourth-order valence-corrected chi connectivity index (χ4v) is 6.16. The summed E-state index contributed by atoms with van der Waals surface area (Å²) in [5.41, 5.74) is 12.3. The van der Waals surface area contributed by atoms with Gasteiger partial charge in [0.25, 0.3) is 23.6 Å². The summed E-state index contributed by atoms with van der Waals surface area (Å²) in [5, 5.41) is 0. The molecular formula is C41H58N4O11. The summed E-state index contributed by atoms with van der Waals surface area (Å²) in [7, 11) is 0. The summed E-state index contributed by atoms with van der Waals surface area (Å²) < 4.78 is 34.4. The van der Waals surface area contributed by atoms with Gasteiger partial charge in [-0.2, -0.15) is 0 Å². The van der Waals surface area contributed by atoms with Crippen LogP contribution >= 0.6 is 0 Å². The molecule has 2 heterocycles. The van der Waals surface area contributed by atoms with Crippen LogP contribution in [-0.2, 0) is 28.4 Å². The lowest BCUT2D eigenvalue weighted by atomic mass is 9.96. The molecule has 308 valence electrons. The summed E-state index contributed by atoms with van der Waals surface area (Å²) in [6, 6.07) is 7.32. The van der Waals surface area contributed by atoms with E-state index >= 15 is 0 Å². The van der Waals surface area contributed by atoms with Gasteiger partial charge in [0.1, 0.15) is 0 Å². The van der Waals surface area contributed by atoms with Gasteiger partial charge >= 0.3 is 0 Å². The monoisotopic (exact) mass is 782 g/mol. The number of ketones is 1. The lowest BCUT2D eigenvalue weighted by molar-refractivity contribution is -0.0634. The molecule has 8 atom stereocenters. The van der Waals surface area contributed by atoms with Crippen molar-refractivity contribution >= 4 is 29.4 Å². The second-order valence-electron chi connectivity index (χ2n) is 15.1. The van der Waals surface area contributed by atoms with Crippen LogP contribution in [0.1, 0.15) is 113 Å². The maximum absolute atomic E-state index is 13.7. The Balaban J connectivity index is 1.32. The van der Waals surface area contributed by atoms with E-state index in [1.165, 1.54) is 36.4 Å². The van der Waals surface area contributed by atoms with E-state index < -0.39 is 41.5 Å². The van der Waals surface area contributed by atoms with Crippen molar-refractivity contribution in [3.8, 4) is 0 Å². The third-order valence-electron chi connectivity index (χ3n) is 9.18. The van der Waals surface area contributed by atoms with Crippen LogP contribution in [-0.4, -0.2) is 141 Å². The fourth-order valence-electron chi connectivity index (χ4n) is 6.16. The van der Waals surface area contributed by atoms with E-state index in [4.69, 9.17) is 39.9 Å². The highest BCUT2D eigenvalue weighted by Gasteiger charge is 2.41. The van der Waals surface area contributed by atoms with Crippen LogP contribution in [0.25, 0.3) is 0 Å². The zero-order valence-corrected chi connectivity index (χ0v) is 33.8. The average Bonchev–Trinajstić information content (AvgIpc) is 3.56. The first kappa shape index (κ1) is 44.8. The molecule has 0 aliphatic carbocycles. The molecular weight excluding hydrogens is 724 g/mol. The number of amides is 4. The second-order valence-corrected chi connectivity index (χ2v) is 15.1. The number of rotatable bonds is 24. The molecule has 0 spiro atoms. The van der Waals surface area contributed by atoms with Gasteiger partial charge < -0.3 is 39.9 Å². The first-order chi connectivity index (χ1) is 26.5. The minimum absolute atomic E-state index is 0.0627. The Morgan fingerprint density at radius 1 is 0.482 bits per heavy atom. The Morgan fingerprint density at radius 2 is 0.804 bits per heavy atom. The zero-order chi connectivity index (χ0) is 41.3. The topological polar surface area (TPSA) is 199 Å². The minimum Gasteiger partial charge on any atom is -0.377 e. The van der Waals surface area contributed by atoms with Crippen LogP contribution in [0, 0.1) is 0 Å². The highest BCUT2D eigenvalue weighted by atomic mass is 16.6. The number of nitrogens with zero attached hydrogens (tertiary/aromatic N) is 2. The fraction of sp³-hybridized carbons (Fsp3) is 0.585. The number of ether oxygens (including phenoxy) is 6. The van der Waals surface area contributed by atoms with Gasteiger partial charge in [-0.3, -0.25) is 33.8 Å². The summed E-state index contributed by atoms with van der Waals surface area (Å²) in [6.07, 6.45) is -0.959. The van der Waals surface area contributed by atoms with Crippen LogP contribution in [0.15, 0.2) is 36.4 Å². The van der Waals surface area contributed by atoms with Gasteiger partial charge in [-0.1, -0.05) is 12.1 Å². The highest BCUT2D eigenvalue weighted by Crippen LogP contribution is 2.30. The molecule has 8 unspecified atom stereocenters. The van der Waals surface area contributed by atoms with Gasteiger partial charge in [0.15, 0.2) is 5.78 Å². The van der Waals surface area contributed by atoms with E-state index in [1.54, 1.807) is 13.8 Å². The lowest BCUT2D eigenvalue weighted by Gasteiger charge is -2.24. The van der Waals surface area contributed by atoms with Crippen molar-refractivity contribution in [2.45, 2.75) is 104 Å². The minimum atomic E-state index is -0.595. The molecule has 15 heteroatoms. The molecule has 0 aromatic heterocycles. The van der Waals surface area contributed by atoms with Crippen molar-refractivity contribution in [3.05, 3.63) is 69.8 Å². The van der Waals surface area contributed by atoms with Crippen LogP contribution in [0.2, 0.25) is 0 Å². The largest absolute Gasteiger partial charge is 0.377 e. The normalized spacial score (nSPS) is 18.4. The maximum Gasteiger partial charge on any atom is 0.261 e. The van der Waals surface area contributed by atoms with Gasteiger partial charge in [0.2, 0.25) is 0 Å². The van der Waals surface area contributed by atoms with E-state index in [1.807, 2.05) is 41.5 Å². The molecule has 2 aromatic carbocycles. The third kappa shape index (κ3) is 11.6. The molecule has 2 aliphatic rings. The van der Waals surface area contributed by atoms with Crippen molar-refractivity contribution < 1.29 is 52.4 Å². The van der Waals surface area contributed by atoms with Crippen molar-refractivity contribution in [2.75, 3.05) is 52.9 Å². The van der Waals surface area contributed by atoms with Crippen LogP contribution < -0.4 is 11.5 Å². The number of nitrogens with two attached hydrogens (primary N) is 2. The molecule has 0 bridgehead atoms. The molecule has 0 saturated heterocycles. The molecule has 4 amide bonds. The van der Waals surface area contributed by atoms with Gasteiger partial charge in [0.05, 0.1) is 112 Å². The molecule has 2 aromatic rings. The quantitative estimate of drug-likeness (QED) is 0.116. The van der Waals surface area contributed by atoms with Gasteiger partial charge in [0, 0.05) is 23.2 Å². The first-order valence-electron chi connectivity index (χ1n) is 19.2. The van der Waals surface area contributed by atoms with Crippen LogP contribution in [0.4, 0.5) is 0 Å². The standard InChI is InChI=1S/C41H58N4O11/c1-23(42)15-51-19-27(5)55-21-29(7)53-17-25(3)44-38(47)33-11-9-31(13-35(33)40(44)49)37(46)32-10-12-34-36(14-32)41(50)45(39(34)48)26(4)18-54-30(8)22-56-28(6)20-52-16-24(2)43/h9-14,23-30H,15-22,42-43H2,1-8H3. The SMILES string of the molecule is CC(N)COCC(C)OCC(C)OCC(C)N1C(=O)c2ccc(C(=O)c3ccc4c(c3)C(=O)N(C(C)COC(C)COC(C)COCC(C)N)C4=O)cc2C1=O. The molecule has 4 N–H and O–H groups in total. The molecule has 56 heavy (non-hydrogen) atoms. The molecule has 15 nitrogen and oxygen atoms in total. The van der Waals surface area contributed by atoms with E-state index in [9.17, 15) is 24.0 Å². The first-order valence-corrected chi connectivity index (χ1v) is 19.2. The molecule has 2 aliphatic heterocycles. The average molecular weight is 783 g/mol. The lowest BCUT2D eigenvalue weighted by Crippen LogP contribution is -2.41. The molecule has 4 rings (SSSR count). The maximum atomic E-state index is 13.7. The number of imide groups is 2. The Kier molecular flexibility index (Phi) is 16.4. The number of fused-ring (bicyclic) bond motifs is 2. The van der Waals surface area contributed by atoms with E-state index in [-0.39, 0.29) is 83.1 Å². The van der Waals surface area contributed by atoms with Crippen molar-refractivity contribution in [1.82, 2.24) is 9.80 Å². The van der Waals surface area contributed by atoms with E-state index in [2.05, 4.69) is 0 Å². The van der Waals surface area contributed by atoms with Gasteiger partial charge in [-0.25, -0.2) is 0 Å². The van der Waals surface area contributed by atoms with E-state index in [0.717, 1.165) is 9.80 Å². The molecule has 0 saturated carbocycles. The third-order valence-corrected chi connectivity index (χ3v) is 9.18. The summed E-state index contributed by atoms with van der Waals surface area (Å²) >= 11 is 0. The van der Waals surface area contributed by atoms with Crippen molar-refractivity contribution in [2.24, 2.45) is 11.5 Å². The summed E-state index contributed by atoms with van der Waals surface area (Å²) in [6.45, 7) is 17.0. The number of benzene rings is 2. The smallest absolute Gasteiger partial charge is 0.261 e. The van der Waals surface area contributed by atoms with Gasteiger partial charge in [-0.05, 0) is 79.7 Å². The zero-order valence-electron chi connectivity index (χ0n) is 33.8. The highest BCUT2D eigenvalue weighted by molar-refractivity contribution is 6.24. The predicted octanol–water partition coefficient (Wildman–Crippen LogP) is 3.23. The number of hydrogen-bond donors (Lipinski definition) is 2. The van der Waals surface area contributed by atoms with Crippen molar-refractivity contribution in [3.63, 3.8) is 0 Å². The molecule has 0 fully saturated rings. The Morgan fingerprint density at radius 3 is 1.16 bits per heavy atom. The predicted molar refractivity (Wildman–Crippen MR) is 207 cm³/mol. The number of carbonyl (C=O) groups excluding carboxylic acids is 5. The number of carbonyl (C=O) groups is 5. The Labute approximate surface area is 329 Å². The van der Waals surface area contributed by atoms with Crippen LogP contribution in [0.3, 0.4) is 0 Å². The Bertz CT molecular complexity index is 1590. The summed E-state index contributed by atoms with van der Waals surface area (Å²) in [4.78, 5) is 69.6. The van der Waals surface area contributed by atoms with Crippen molar-refractivity contribution in [1.29, 1.82) is 0 Å².